The van der Waals surface area contributed by atoms with Gasteiger partial charge in [-0.1, -0.05) is 42.5 Å². The monoisotopic (exact) mass is 373 g/mol. The first-order valence-corrected chi connectivity index (χ1v) is 10.1. The van der Waals surface area contributed by atoms with Crippen molar-refractivity contribution in [1.29, 1.82) is 0 Å². The third-order valence-electron chi connectivity index (χ3n) is 5.00. The minimum absolute atomic E-state index is 0.195. The lowest BCUT2D eigenvalue weighted by molar-refractivity contribution is 0.00578. The molecular weight excluding hydrogens is 349 g/mol. The fourth-order valence-electron chi connectivity index (χ4n) is 2.66. The van der Waals surface area contributed by atoms with E-state index < -0.39 is 28.3 Å². The summed E-state index contributed by atoms with van der Waals surface area (Å²) in [5.74, 6) is 0. The minimum atomic E-state index is -3.63. The van der Waals surface area contributed by atoms with Gasteiger partial charge in [0.1, 0.15) is 0 Å². The summed E-state index contributed by atoms with van der Waals surface area (Å²) in [4.78, 5) is 0.195. The molecule has 0 radical (unpaired) electrons. The molecule has 0 aromatic heterocycles. The molecule has 26 heavy (non-hydrogen) atoms. The highest BCUT2D eigenvalue weighted by Gasteiger charge is 2.51. The Morgan fingerprint density at radius 1 is 0.923 bits per heavy atom. The number of benzene rings is 2. The van der Waals surface area contributed by atoms with E-state index in [2.05, 4.69) is 4.72 Å². The first-order chi connectivity index (χ1) is 12.1. The lowest BCUT2D eigenvalue weighted by Crippen LogP contribution is -2.41. The third-order valence-corrected chi connectivity index (χ3v) is 6.40. The molecule has 3 rings (SSSR count). The van der Waals surface area contributed by atoms with E-state index in [0.717, 1.165) is 5.56 Å². The highest BCUT2D eigenvalue weighted by atomic mass is 32.2. The van der Waals surface area contributed by atoms with Crippen molar-refractivity contribution in [2.45, 2.75) is 50.3 Å². The van der Waals surface area contributed by atoms with Gasteiger partial charge in [-0.25, -0.2) is 13.1 Å². The number of sulfonamides is 1. The Labute approximate surface area is 155 Å². The molecule has 2 aromatic rings. The van der Waals surface area contributed by atoms with Gasteiger partial charge < -0.3 is 9.31 Å². The van der Waals surface area contributed by atoms with Crippen LogP contribution in [0, 0.1) is 0 Å². The van der Waals surface area contributed by atoms with E-state index in [9.17, 15) is 8.42 Å². The van der Waals surface area contributed by atoms with Crippen LogP contribution in [0.3, 0.4) is 0 Å². The van der Waals surface area contributed by atoms with Crippen LogP contribution in [0.4, 0.5) is 0 Å². The number of rotatable bonds is 5. The molecule has 0 saturated carbocycles. The third kappa shape index (κ3) is 3.86. The molecule has 5 nitrogen and oxygen atoms in total. The normalized spacial score (nSPS) is 18.8. The van der Waals surface area contributed by atoms with Crippen molar-refractivity contribution in [2.24, 2.45) is 0 Å². The van der Waals surface area contributed by atoms with Crippen LogP contribution in [0.1, 0.15) is 33.3 Å². The Bertz CT molecular complexity index is 865. The van der Waals surface area contributed by atoms with Crippen LogP contribution in [0.5, 0.6) is 0 Å². The van der Waals surface area contributed by atoms with Gasteiger partial charge in [0.05, 0.1) is 16.1 Å². The molecule has 0 aliphatic carbocycles. The Morgan fingerprint density at radius 3 is 2.15 bits per heavy atom. The average molecular weight is 373 g/mol. The Hall–Kier alpha value is -1.67. The summed E-state index contributed by atoms with van der Waals surface area (Å²) in [6, 6.07) is 16.1. The number of hydrogen-bond acceptors (Lipinski definition) is 4. The molecule has 138 valence electrons. The van der Waals surface area contributed by atoms with E-state index >= 15 is 0 Å². The van der Waals surface area contributed by atoms with Gasteiger partial charge in [-0.3, -0.25) is 0 Å². The van der Waals surface area contributed by atoms with E-state index in [1.165, 1.54) is 0 Å². The molecular formula is C19H24BNO4S. The molecule has 2 aromatic carbocycles. The fourth-order valence-corrected chi connectivity index (χ4v) is 3.74. The van der Waals surface area contributed by atoms with E-state index in [1.807, 2.05) is 64.1 Å². The Kier molecular flexibility index (Phi) is 5.01. The van der Waals surface area contributed by atoms with Crippen molar-refractivity contribution in [3.63, 3.8) is 0 Å². The van der Waals surface area contributed by atoms with Crippen molar-refractivity contribution >= 4 is 22.6 Å². The molecule has 1 aliphatic rings. The molecule has 0 unspecified atom stereocenters. The van der Waals surface area contributed by atoms with Crippen LogP contribution in [-0.4, -0.2) is 26.7 Å². The van der Waals surface area contributed by atoms with Gasteiger partial charge in [0, 0.05) is 6.54 Å². The van der Waals surface area contributed by atoms with Crippen LogP contribution in [0.25, 0.3) is 0 Å². The summed E-state index contributed by atoms with van der Waals surface area (Å²) in [6.07, 6.45) is 0. The Morgan fingerprint density at radius 2 is 1.54 bits per heavy atom. The predicted octanol–water partition coefficient (Wildman–Crippen LogP) is 2.46. The molecule has 1 aliphatic heterocycles. The van der Waals surface area contributed by atoms with Gasteiger partial charge in [-0.2, -0.15) is 0 Å². The topological polar surface area (TPSA) is 64.6 Å². The highest BCUT2D eigenvalue weighted by molar-refractivity contribution is 7.89. The van der Waals surface area contributed by atoms with Crippen molar-refractivity contribution in [3.05, 3.63) is 60.2 Å². The fraction of sp³-hybridized carbons (Fsp3) is 0.368. The molecule has 0 spiro atoms. The largest absolute Gasteiger partial charge is 0.494 e. The van der Waals surface area contributed by atoms with Gasteiger partial charge in [0.2, 0.25) is 10.0 Å². The predicted molar refractivity (Wildman–Crippen MR) is 103 cm³/mol. The molecule has 7 heteroatoms. The van der Waals surface area contributed by atoms with Crippen LogP contribution in [0.15, 0.2) is 59.5 Å². The van der Waals surface area contributed by atoms with Crippen LogP contribution < -0.4 is 10.2 Å². The van der Waals surface area contributed by atoms with Crippen molar-refractivity contribution < 1.29 is 17.7 Å². The summed E-state index contributed by atoms with van der Waals surface area (Å²) < 4.78 is 39.9. The lowest BCUT2D eigenvalue weighted by Gasteiger charge is -2.32. The molecule has 1 fully saturated rings. The SMILES string of the molecule is CC1(C)OB(c2cccc(S(=O)(=O)NCc3ccccc3)c2)OC1(C)C. The van der Waals surface area contributed by atoms with Gasteiger partial charge in [0.25, 0.3) is 0 Å². The summed E-state index contributed by atoms with van der Waals surface area (Å²) in [7, 11) is -4.22. The zero-order valence-corrected chi connectivity index (χ0v) is 16.3. The van der Waals surface area contributed by atoms with Crippen molar-refractivity contribution in [2.75, 3.05) is 0 Å². The second-order valence-electron chi connectivity index (χ2n) is 7.47. The van der Waals surface area contributed by atoms with Crippen molar-refractivity contribution in [3.8, 4) is 0 Å². The zero-order valence-electron chi connectivity index (χ0n) is 15.5. The molecule has 1 saturated heterocycles. The molecule has 1 N–H and O–H groups in total. The minimum Gasteiger partial charge on any atom is -0.399 e. The molecule has 0 bridgehead atoms. The van der Waals surface area contributed by atoms with Crippen LogP contribution in [-0.2, 0) is 25.9 Å². The number of hydrogen-bond donors (Lipinski definition) is 1. The Balaban J connectivity index is 1.79. The maximum absolute atomic E-state index is 12.6. The van der Waals surface area contributed by atoms with Crippen LogP contribution in [0.2, 0.25) is 0 Å². The van der Waals surface area contributed by atoms with Gasteiger partial charge in [-0.05, 0) is 50.9 Å². The summed E-state index contributed by atoms with van der Waals surface area (Å²) in [6.45, 7) is 8.11. The van der Waals surface area contributed by atoms with E-state index in [1.54, 1.807) is 18.2 Å². The summed E-state index contributed by atoms with van der Waals surface area (Å²) in [5, 5.41) is 0. The second-order valence-corrected chi connectivity index (χ2v) is 9.24. The smallest absolute Gasteiger partial charge is 0.399 e. The van der Waals surface area contributed by atoms with Crippen molar-refractivity contribution in [1.82, 2.24) is 4.72 Å². The quantitative estimate of drug-likeness (QED) is 0.818. The molecule has 0 amide bonds. The first kappa shape index (κ1) is 19.1. The zero-order chi connectivity index (χ0) is 19.0. The van der Waals surface area contributed by atoms with E-state index in [-0.39, 0.29) is 11.4 Å². The summed E-state index contributed by atoms with van der Waals surface area (Å²) in [5.41, 5.74) is 0.639. The van der Waals surface area contributed by atoms with Gasteiger partial charge >= 0.3 is 7.12 Å². The molecule has 1 heterocycles. The molecule has 0 atom stereocenters. The van der Waals surface area contributed by atoms with Gasteiger partial charge in [-0.15, -0.1) is 0 Å². The maximum atomic E-state index is 12.6. The first-order valence-electron chi connectivity index (χ1n) is 8.60. The van der Waals surface area contributed by atoms with Gasteiger partial charge in [0.15, 0.2) is 0 Å². The average Bonchev–Trinajstić information content (AvgIpc) is 2.82. The van der Waals surface area contributed by atoms with E-state index in [0.29, 0.717) is 5.46 Å². The van der Waals surface area contributed by atoms with E-state index in [4.69, 9.17) is 9.31 Å². The standard InChI is InChI=1S/C19H24BNO4S/c1-18(2)19(3,4)25-20(24-18)16-11-8-12-17(13-16)26(22,23)21-14-15-9-6-5-7-10-15/h5-13,21H,14H2,1-4H3. The van der Waals surface area contributed by atoms with Crippen LogP contribution >= 0.6 is 0 Å². The maximum Gasteiger partial charge on any atom is 0.494 e. The highest BCUT2D eigenvalue weighted by Crippen LogP contribution is 2.36. The second kappa shape index (κ2) is 6.81. The summed E-state index contributed by atoms with van der Waals surface area (Å²) >= 11 is 0. The number of nitrogens with one attached hydrogen (secondary N) is 1. The lowest BCUT2D eigenvalue weighted by atomic mass is 9.79.